The summed E-state index contributed by atoms with van der Waals surface area (Å²) in [6.45, 7) is 0. The molecular formula is C13H10N2S. The van der Waals surface area contributed by atoms with Crippen molar-refractivity contribution in [2.24, 2.45) is 0 Å². The topological polar surface area (TPSA) is 24.9 Å². The van der Waals surface area contributed by atoms with Gasteiger partial charge in [-0.3, -0.25) is 0 Å². The molecule has 0 unspecified atom stereocenters. The number of benzene rings is 1. The fraction of sp³-hybridized carbons (Fsp3) is 0. The Balaban J connectivity index is 2.18. The number of allylic oxidation sites excluding steroid dienone is 4. The van der Waals surface area contributed by atoms with Gasteiger partial charge in [0.05, 0.1) is 15.7 Å². The van der Waals surface area contributed by atoms with Gasteiger partial charge >= 0.3 is 0 Å². The van der Waals surface area contributed by atoms with Crippen LogP contribution in [-0.2, 0) is 0 Å². The molecule has 0 saturated heterocycles. The van der Waals surface area contributed by atoms with Crippen molar-refractivity contribution in [3.63, 3.8) is 0 Å². The second-order valence-electron chi connectivity index (χ2n) is 3.47. The Hall–Kier alpha value is -1.87. The molecule has 1 aliphatic rings. The van der Waals surface area contributed by atoms with E-state index in [-0.39, 0.29) is 0 Å². The van der Waals surface area contributed by atoms with Gasteiger partial charge < -0.3 is 5.32 Å². The normalized spacial score (nSPS) is 14.6. The van der Waals surface area contributed by atoms with Crippen molar-refractivity contribution in [3.05, 3.63) is 59.8 Å². The summed E-state index contributed by atoms with van der Waals surface area (Å²) in [7, 11) is 0. The molecule has 3 heteroatoms. The fourth-order valence-electron chi connectivity index (χ4n) is 1.72. The summed E-state index contributed by atoms with van der Waals surface area (Å²) in [5, 5.41) is 3.28. The molecule has 0 aliphatic carbocycles. The predicted molar refractivity (Wildman–Crippen MR) is 69.0 cm³/mol. The van der Waals surface area contributed by atoms with Crippen LogP contribution in [0.4, 0.5) is 0 Å². The number of hydrogen-bond acceptors (Lipinski definition) is 3. The van der Waals surface area contributed by atoms with Crippen molar-refractivity contribution in [1.29, 1.82) is 0 Å². The maximum atomic E-state index is 4.33. The van der Waals surface area contributed by atoms with Crippen LogP contribution in [0.25, 0.3) is 15.9 Å². The zero-order valence-corrected chi connectivity index (χ0v) is 9.37. The third-order valence-corrected chi connectivity index (χ3v) is 3.34. The second kappa shape index (κ2) is 3.94. The van der Waals surface area contributed by atoms with Crippen LogP contribution in [0.2, 0.25) is 0 Å². The first-order valence-electron chi connectivity index (χ1n) is 5.08. The molecule has 1 aromatic carbocycles. The van der Waals surface area contributed by atoms with Gasteiger partial charge in [-0.15, -0.1) is 11.3 Å². The van der Waals surface area contributed by atoms with Gasteiger partial charge in [0, 0.05) is 17.5 Å². The molecule has 0 amide bonds. The minimum absolute atomic E-state index is 1.06. The van der Waals surface area contributed by atoms with Gasteiger partial charge in [-0.25, -0.2) is 4.98 Å². The molecule has 1 N–H and O–H groups in total. The molecule has 2 heterocycles. The number of rotatable bonds is 1. The SMILES string of the molecule is C1=CC=C(c2cccc3ncsc23)NC=C1. The molecule has 78 valence electrons. The van der Waals surface area contributed by atoms with Crippen LogP contribution in [0.1, 0.15) is 5.56 Å². The van der Waals surface area contributed by atoms with Gasteiger partial charge in [-0.05, 0) is 18.2 Å². The predicted octanol–water partition coefficient (Wildman–Crippen LogP) is 3.31. The third kappa shape index (κ3) is 1.55. The average molecular weight is 226 g/mol. The average Bonchev–Trinajstić information content (AvgIpc) is 2.63. The van der Waals surface area contributed by atoms with Crippen molar-refractivity contribution >= 4 is 27.3 Å². The molecule has 0 saturated carbocycles. The summed E-state index contributed by atoms with van der Waals surface area (Å²) in [5.41, 5.74) is 5.26. The van der Waals surface area contributed by atoms with Crippen molar-refractivity contribution in [2.45, 2.75) is 0 Å². The standard InChI is InChI=1S/C13H10N2S/c1-2-6-11(14-8-3-1)10-5-4-7-12-13(10)16-9-15-12/h1-9,14H. The number of hydrogen-bond donors (Lipinski definition) is 1. The van der Waals surface area contributed by atoms with E-state index in [1.807, 2.05) is 42.1 Å². The molecule has 0 bridgehead atoms. The van der Waals surface area contributed by atoms with E-state index < -0.39 is 0 Å². The highest BCUT2D eigenvalue weighted by molar-refractivity contribution is 7.17. The minimum Gasteiger partial charge on any atom is -0.361 e. The summed E-state index contributed by atoms with van der Waals surface area (Å²) in [4.78, 5) is 4.33. The van der Waals surface area contributed by atoms with Crippen molar-refractivity contribution in [1.82, 2.24) is 10.3 Å². The van der Waals surface area contributed by atoms with Crippen LogP contribution in [0.15, 0.2) is 54.2 Å². The fourth-order valence-corrected chi connectivity index (χ4v) is 2.54. The maximum Gasteiger partial charge on any atom is 0.0818 e. The van der Waals surface area contributed by atoms with Crippen LogP contribution in [0.3, 0.4) is 0 Å². The van der Waals surface area contributed by atoms with Crippen LogP contribution in [-0.4, -0.2) is 4.98 Å². The second-order valence-corrected chi connectivity index (χ2v) is 4.33. The first-order chi connectivity index (χ1) is 7.95. The maximum absolute atomic E-state index is 4.33. The molecular weight excluding hydrogens is 216 g/mol. The molecule has 2 nitrogen and oxygen atoms in total. The van der Waals surface area contributed by atoms with Gasteiger partial charge in [-0.1, -0.05) is 24.3 Å². The number of nitrogens with one attached hydrogen (secondary N) is 1. The monoisotopic (exact) mass is 226 g/mol. The Morgan fingerprint density at radius 2 is 2.12 bits per heavy atom. The van der Waals surface area contributed by atoms with E-state index in [0.29, 0.717) is 0 Å². The third-order valence-electron chi connectivity index (χ3n) is 2.47. The lowest BCUT2D eigenvalue weighted by Crippen LogP contribution is -2.02. The zero-order valence-electron chi connectivity index (χ0n) is 8.55. The highest BCUT2D eigenvalue weighted by Crippen LogP contribution is 2.27. The Labute approximate surface area is 97.6 Å². The highest BCUT2D eigenvalue weighted by atomic mass is 32.1. The largest absolute Gasteiger partial charge is 0.361 e. The van der Waals surface area contributed by atoms with Crippen molar-refractivity contribution < 1.29 is 0 Å². The van der Waals surface area contributed by atoms with E-state index in [2.05, 4.69) is 22.4 Å². The van der Waals surface area contributed by atoms with E-state index in [9.17, 15) is 0 Å². The Kier molecular flexibility index (Phi) is 2.31. The Morgan fingerprint density at radius 3 is 3.12 bits per heavy atom. The first kappa shape index (κ1) is 9.36. The van der Waals surface area contributed by atoms with Crippen molar-refractivity contribution in [2.75, 3.05) is 0 Å². The van der Waals surface area contributed by atoms with Crippen molar-refractivity contribution in [3.8, 4) is 0 Å². The molecule has 2 aromatic rings. The number of thiazole rings is 1. The summed E-state index contributed by atoms with van der Waals surface area (Å²) in [6.07, 6.45) is 10.0. The van der Waals surface area contributed by atoms with Crippen LogP contribution in [0.5, 0.6) is 0 Å². The van der Waals surface area contributed by atoms with Gasteiger partial charge in [-0.2, -0.15) is 0 Å². The van der Waals surface area contributed by atoms with Crippen LogP contribution < -0.4 is 5.32 Å². The number of fused-ring (bicyclic) bond motifs is 1. The lowest BCUT2D eigenvalue weighted by molar-refractivity contribution is 1.23. The number of aromatic nitrogens is 1. The summed E-state index contributed by atoms with van der Waals surface area (Å²) in [5.74, 6) is 0. The smallest absolute Gasteiger partial charge is 0.0818 e. The molecule has 1 aliphatic heterocycles. The van der Waals surface area contributed by atoms with E-state index >= 15 is 0 Å². The Bertz CT molecular complexity index is 605. The minimum atomic E-state index is 1.06. The van der Waals surface area contributed by atoms with Gasteiger partial charge in [0.15, 0.2) is 0 Å². The highest BCUT2D eigenvalue weighted by Gasteiger charge is 2.07. The zero-order chi connectivity index (χ0) is 10.8. The molecule has 16 heavy (non-hydrogen) atoms. The Morgan fingerprint density at radius 1 is 1.12 bits per heavy atom. The van der Waals surface area contributed by atoms with Crippen LogP contribution >= 0.6 is 11.3 Å². The molecule has 0 spiro atoms. The van der Waals surface area contributed by atoms with E-state index in [0.717, 1.165) is 11.2 Å². The quantitative estimate of drug-likeness (QED) is 0.807. The van der Waals surface area contributed by atoms with Gasteiger partial charge in [0.1, 0.15) is 0 Å². The van der Waals surface area contributed by atoms with Crippen LogP contribution in [0, 0.1) is 0 Å². The van der Waals surface area contributed by atoms with Gasteiger partial charge in [0.2, 0.25) is 0 Å². The van der Waals surface area contributed by atoms with E-state index in [1.54, 1.807) is 11.3 Å². The number of nitrogens with zero attached hydrogens (tertiary/aromatic N) is 1. The molecule has 0 fully saturated rings. The molecule has 0 atom stereocenters. The molecule has 1 aromatic heterocycles. The summed E-state index contributed by atoms with van der Waals surface area (Å²) >= 11 is 1.67. The van der Waals surface area contributed by atoms with Gasteiger partial charge in [0.25, 0.3) is 0 Å². The summed E-state index contributed by atoms with van der Waals surface area (Å²) < 4.78 is 1.23. The van der Waals surface area contributed by atoms with E-state index in [1.165, 1.54) is 10.3 Å². The molecule has 0 radical (unpaired) electrons. The first-order valence-corrected chi connectivity index (χ1v) is 5.96. The lowest BCUT2D eigenvalue weighted by Gasteiger charge is -2.06. The lowest BCUT2D eigenvalue weighted by atomic mass is 10.1. The van der Waals surface area contributed by atoms with E-state index in [4.69, 9.17) is 0 Å². The molecule has 3 rings (SSSR count). The summed E-state index contributed by atoms with van der Waals surface area (Å²) in [6, 6.07) is 6.20.